The van der Waals surface area contributed by atoms with Gasteiger partial charge in [-0.2, -0.15) is 0 Å². The molecule has 1 aromatic carbocycles. The van der Waals surface area contributed by atoms with Crippen LogP contribution in [0.5, 0.6) is 11.5 Å². The Balaban J connectivity index is 2.20. The Kier molecular flexibility index (Phi) is 5.14. The zero-order valence-corrected chi connectivity index (χ0v) is 13.0. The quantitative estimate of drug-likeness (QED) is 0.850. The Morgan fingerprint density at radius 1 is 0.957 bits per heavy atom. The first-order valence-electron chi connectivity index (χ1n) is 6.67. The van der Waals surface area contributed by atoms with Gasteiger partial charge in [-0.05, 0) is 24.3 Å². The van der Waals surface area contributed by atoms with Gasteiger partial charge in [0.15, 0.2) is 11.5 Å². The molecule has 2 rings (SSSR count). The zero-order chi connectivity index (χ0) is 16.8. The molecule has 1 heterocycles. The van der Waals surface area contributed by atoms with Crippen LogP contribution in [0.1, 0.15) is 21.0 Å². The van der Waals surface area contributed by atoms with Gasteiger partial charge in [-0.3, -0.25) is 4.79 Å². The Labute approximate surface area is 133 Å². The van der Waals surface area contributed by atoms with Crippen LogP contribution in [0.25, 0.3) is 0 Å². The molecule has 0 aliphatic rings. The van der Waals surface area contributed by atoms with Crippen LogP contribution >= 0.6 is 0 Å². The van der Waals surface area contributed by atoms with Gasteiger partial charge in [0, 0.05) is 11.8 Å². The molecule has 0 aliphatic heterocycles. The SMILES string of the molecule is COC(=O)c1cccc(C(=O)Nc2ccc(OC)c(OC)c2)n1. The number of rotatable bonds is 5. The third-order valence-corrected chi connectivity index (χ3v) is 3.02. The molecule has 0 saturated carbocycles. The van der Waals surface area contributed by atoms with Crippen LogP contribution in [0.3, 0.4) is 0 Å². The maximum absolute atomic E-state index is 12.2. The molecule has 7 nitrogen and oxygen atoms in total. The van der Waals surface area contributed by atoms with Crippen molar-refractivity contribution < 1.29 is 23.8 Å². The summed E-state index contributed by atoms with van der Waals surface area (Å²) >= 11 is 0. The van der Waals surface area contributed by atoms with E-state index in [-0.39, 0.29) is 11.4 Å². The number of esters is 1. The minimum absolute atomic E-state index is 0.0625. The lowest BCUT2D eigenvalue weighted by atomic mass is 10.2. The second-order valence-corrected chi connectivity index (χ2v) is 4.42. The average molecular weight is 316 g/mol. The molecular formula is C16H16N2O5. The molecule has 23 heavy (non-hydrogen) atoms. The van der Waals surface area contributed by atoms with Crippen molar-refractivity contribution in [3.63, 3.8) is 0 Å². The summed E-state index contributed by atoms with van der Waals surface area (Å²) < 4.78 is 14.9. The van der Waals surface area contributed by atoms with Crippen molar-refractivity contribution in [3.8, 4) is 11.5 Å². The molecule has 2 aromatic rings. The number of hydrogen-bond acceptors (Lipinski definition) is 6. The van der Waals surface area contributed by atoms with Gasteiger partial charge < -0.3 is 19.5 Å². The van der Waals surface area contributed by atoms with Crippen molar-refractivity contribution in [1.82, 2.24) is 4.98 Å². The monoisotopic (exact) mass is 316 g/mol. The van der Waals surface area contributed by atoms with Crippen LogP contribution in [0, 0.1) is 0 Å². The van der Waals surface area contributed by atoms with E-state index in [1.54, 1.807) is 24.3 Å². The first kappa shape index (κ1) is 16.3. The van der Waals surface area contributed by atoms with Gasteiger partial charge in [0.2, 0.25) is 0 Å². The standard InChI is InChI=1S/C16H16N2O5/c1-21-13-8-7-10(9-14(13)22-2)17-15(19)11-5-4-6-12(18-11)16(20)23-3/h4-9H,1-3H3,(H,17,19). The van der Waals surface area contributed by atoms with Crippen molar-refractivity contribution in [1.29, 1.82) is 0 Å². The largest absolute Gasteiger partial charge is 0.493 e. The van der Waals surface area contributed by atoms with E-state index < -0.39 is 11.9 Å². The van der Waals surface area contributed by atoms with E-state index in [0.717, 1.165) is 0 Å². The van der Waals surface area contributed by atoms with Crippen molar-refractivity contribution >= 4 is 17.6 Å². The summed E-state index contributed by atoms with van der Waals surface area (Å²) in [5, 5.41) is 2.68. The number of amides is 1. The van der Waals surface area contributed by atoms with Crippen molar-refractivity contribution in [2.75, 3.05) is 26.6 Å². The number of aromatic nitrogens is 1. The summed E-state index contributed by atoms with van der Waals surface area (Å²) in [6.45, 7) is 0. The fourth-order valence-corrected chi connectivity index (χ4v) is 1.89. The molecule has 0 atom stereocenters. The molecule has 1 amide bonds. The van der Waals surface area contributed by atoms with Crippen LogP contribution < -0.4 is 14.8 Å². The number of benzene rings is 1. The molecule has 0 spiro atoms. The number of nitrogens with one attached hydrogen (secondary N) is 1. The van der Waals surface area contributed by atoms with Gasteiger partial charge >= 0.3 is 5.97 Å². The Hall–Kier alpha value is -3.09. The minimum Gasteiger partial charge on any atom is -0.493 e. The highest BCUT2D eigenvalue weighted by molar-refractivity contribution is 6.03. The second kappa shape index (κ2) is 7.26. The molecule has 1 N–H and O–H groups in total. The normalized spacial score (nSPS) is 9.87. The van der Waals surface area contributed by atoms with Crippen molar-refractivity contribution in [3.05, 3.63) is 47.8 Å². The van der Waals surface area contributed by atoms with Gasteiger partial charge in [-0.15, -0.1) is 0 Å². The predicted octanol–water partition coefficient (Wildman–Crippen LogP) is 2.14. The van der Waals surface area contributed by atoms with E-state index in [1.165, 1.54) is 33.5 Å². The Bertz CT molecular complexity index is 730. The molecule has 0 unspecified atom stereocenters. The van der Waals surface area contributed by atoms with E-state index in [4.69, 9.17) is 9.47 Å². The minimum atomic E-state index is -0.606. The molecular weight excluding hydrogens is 300 g/mol. The highest BCUT2D eigenvalue weighted by atomic mass is 16.5. The number of carbonyl (C=O) groups is 2. The average Bonchev–Trinajstić information content (AvgIpc) is 2.60. The summed E-state index contributed by atoms with van der Waals surface area (Å²) in [7, 11) is 4.28. The van der Waals surface area contributed by atoms with Crippen LogP contribution in [0.15, 0.2) is 36.4 Å². The summed E-state index contributed by atoms with van der Waals surface area (Å²) in [5.74, 6) is -0.0216. The number of methoxy groups -OCH3 is 3. The van der Waals surface area contributed by atoms with E-state index in [9.17, 15) is 9.59 Å². The van der Waals surface area contributed by atoms with Crippen LogP contribution in [-0.2, 0) is 4.74 Å². The smallest absolute Gasteiger partial charge is 0.356 e. The lowest BCUT2D eigenvalue weighted by molar-refractivity contribution is 0.0594. The number of anilines is 1. The van der Waals surface area contributed by atoms with Gasteiger partial charge in [-0.25, -0.2) is 9.78 Å². The van der Waals surface area contributed by atoms with E-state index in [2.05, 4.69) is 15.0 Å². The number of nitrogens with zero attached hydrogens (tertiary/aromatic N) is 1. The molecule has 0 saturated heterocycles. The first-order chi connectivity index (χ1) is 11.1. The summed E-state index contributed by atoms with van der Waals surface area (Å²) in [5.41, 5.74) is 0.674. The van der Waals surface area contributed by atoms with E-state index in [0.29, 0.717) is 17.2 Å². The molecule has 1 aromatic heterocycles. The van der Waals surface area contributed by atoms with Crippen LogP contribution in [0.2, 0.25) is 0 Å². The van der Waals surface area contributed by atoms with Gasteiger partial charge in [0.05, 0.1) is 21.3 Å². The molecule has 0 fully saturated rings. The van der Waals surface area contributed by atoms with Gasteiger partial charge in [0.25, 0.3) is 5.91 Å². The molecule has 120 valence electrons. The summed E-state index contributed by atoms with van der Waals surface area (Å²) in [4.78, 5) is 27.7. The first-order valence-corrected chi connectivity index (χ1v) is 6.67. The fourth-order valence-electron chi connectivity index (χ4n) is 1.89. The second-order valence-electron chi connectivity index (χ2n) is 4.42. The Morgan fingerprint density at radius 2 is 1.65 bits per heavy atom. The number of ether oxygens (including phenoxy) is 3. The van der Waals surface area contributed by atoms with Crippen molar-refractivity contribution in [2.24, 2.45) is 0 Å². The topological polar surface area (TPSA) is 86.8 Å². The van der Waals surface area contributed by atoms with Gasteiger partial charge in [-0.1, -0.05) is 6.07 Å². The summed E-state index contributed by atoms with van der Waals surface area (Å²) in [6.07, 6.45) is 0. The highest BCUT2D eigenvalue weighted by Crippen LogP contribution is 2.29. The molecule has 0 aliphatic carbocycles. The predicted molar refractivity (Wildman–Crippen MR) is 83.1 cm³/mol. The Morgan fingerprint density at radius 3 is 2.30 bits per heavy atom. The third-order valence-electron chi connectivity index (χ3n) is 3.02. The highest BCUT2D eigenvalue weighted by Gasteiger charge is 2.13. The van der Waals surface area contributed by atoms with E-state index in [1.807, 2.05) is 0 Å². The zero-order valence-electron chi connectivity index (χ0n) is 13.0. The molecule has 0 radical (unpaired) electrons. The molecule has 7 heteroatoms. The number of carbonyl (C=O) groups excluding carboxylic acids is 2. The number of hydrogen-bond donors (Lipinski definition) is 1. The lowest BCUT2D eigenvalue weighted by Crippen LogP contribution is -2.16. The maximum Gasteiger partial charge on any atom is 0.356 e. The lowest BCUT2D eigenvalue weighted by Gasteiger charge is -2.10. The number of pyridine rings is 1. The summed E-state index contributed by atoms with van der Waals surface area (Å²) in [6, 6.07) is 9.50. The van der Waals surface area contributed by atoms with Crippen LogP contribution in [-0.4, -0.2) is 38.2 Å². The fraction of sp³-hybridized carbons (Fsp3) is 0.188. The van der Waals surface area contributed by atoms with Crippen molar-refractivity contribution in [2.45, 2.75) is 0 Å². The third kappa shape index (κ3) is 3.76. The molecule has 0 bridgehead atoms. The van der Waals surface area contributed by atoms with Crippen LogP contribution in [0.4, 0.5) is 5.69 Å². The maximum atomic E-state index is 12.2. The van der Waals surface area contributed by atoms with Gasteiger partial charge in [0.1, 0.15) is 11.4 Å². The van der Waals surface area contributed by atoms with E-state index >= 15 is 0 Å².